The topological polar surface area (TPSA) is 77.8 Å². The van der Waals surface area contributed by atoms with Crippen molar-refractivity contribution in [3.63, 3.8) is 0 Å². The lowest BCUT2D eigenvalue weighted by Gasteiger charge is -2.07. The van der Waals surface area contributed by atoms with Crippen molar-refractivity contribution in [1.82, 2.24) is 0 Å². The summed E-state index contributed by atoms with van der Waals surface area (Å²) in [5.41, 5.74) is 0.364. The summed E-state index contributed by atoms with van der Waals surface area (Å²) in [7, 11) is -4.03. The van der Waals surface area contributed by atoms with E-state index in [9.17, 15) is 4.79 Å². The molecular weight excluding hydrogens is 164 g/mol. The van der Waals surface area contributed by atoms with Gasteiger partial charge in [0.25, 0.3) is 0 Å². The lowest BCUT2D eigenvalue weighted by Crippen LogP contribution is -2.34. The van der Waals surface area contributed by atoms with Crippen LogP contribution < -0.4 is 0 Å². The molecule has 0 aliphatic heterocycles. The summed E-state index contributed by atoms with van der Waals surface area (Å²) in [5, 5.41) is 0. The maximum Gasteiger partial charge on any atom is 0.493 e. The first-order valence-corrected chi connectivity index (χ1v) is 5.23. The van der Waals surface area contributed by atoms with E-state index in [0.29, 0.717) is 5.57 Å². The zero-order valence-corrected chi connectivity index (χ0v) is 7.37. The molecule has 0 saturated heterocycles. The molecule has 0 fully saturated rings. The maximum absolute atomic E-state index is 10.8. The summed E-state index contributed by atoms with van der Waals surface area (Å²) in [6, 6.07) is -0.251. The van der Waals surface area contributed by atoms with Crippen LogP contribution in [0.5, 0.6) is 0 Å². The van der Waals surface area contributed by atoms with E-state index in [0.717, 1.165) is 0 Å². The third-order valence-electron chi connectivity index (χ3n) is 1.16. The Hall–Kier alpha value is -0.493. The molecule has 0 rings (SSSR count). The van der Waals surface area contributed by atoms with Crippen LogP contribution in [0, 0.1) is 0 Å². The molecule has 11 heavy (non-hydrogen) atoms. The third-order valence-corrected chi connectivity index (χ3v) is 2.08. The molecule has 0 aliphatic carbocycles. The number of ketones is 1. The van der Waals surface area contributed by atoms with E-state index in [1.165, 1.54) is 6.92 Å². The van der Waals surface area contributed by atoms with Crippen LogP contribution in [0.3, 0.4) is 0 Å². The van der Waals surface area contributed by atoms with Crippen LogP contribution in [0.1, 0.15) is 13.3 Å². The Morgan fingerprint density at radius 2 is 1.91 bits per heavy atom. The molecule has 5 heteroatoms. The fourth-order valence-corrected chi connectivity index (χ4v) is 1.06. The van der Waals surface area contributed by atoms with E-state index in [4.69, 9.17) is 14.4 Å². The summed E-state index contributed by atoms with van der Waals surface area (Å²) >= 11 is 0. The van der Waals surface area contributed by atoms with Crippen LogP contribution in [0.2, 0.25) is 6.04 Å². The Kier molecular flexibility index (Phi) is 3.60. The van der Waals surface area contributed by atoms with Crippen molar-refractivity contribution in [2.45, 2.75) is 19.4 Å². The molecule has 0 amide bonds. The SMILES string of the molecule is C=C(C)C(=O)CC[Si](O)(O)O. The van der Waals surface area contributed by atoms with Crippen LogP contribution in [-0.4, -0.2) is 29.0 Å². The molecule has 64 valence electrons. The van der Waals surface area contributed by atoms with E-state index in [2.05, 4.69) is 6.58 Å². The number of carbonyl (C=O) groups excluding carboxylic acids is 1. The lowest BCUT2D eigenvalue weighted by atomic mass is 10.2. The first-order valence-electron chi connectivity index (χ1n) is 3.19. The van der Waals surface area contributed by atoms with Gasteiger partial charge in [-0.3, -0.25) is 4.79 Å². The molecule has 0 saturated carbocycles. The summed E-state index contributed by atoms with van der Waals surface area (Å²) in [6.45, 7) is 4.92. The highest BCUT2D eigenvalue weighted by Gasteiger charge is 2.27. The van der Waals surface area contributed by atoms with Crippen LogP contribution in [0.25, 0.3) is 0 Å². The monoisotopic (exact) mass is 176 g/mol. The number of rotatable bonds is 4. The zero-order valence-electron chi connectivity index (χ0n) is 6.37. The fourth-order valence-electron chi connectivity index (χ4n) is 0.495. The molecular formula is C6H12O4Si. The van der Waals surface area contributed by atoms with Crippen molar-refractivity contribution in [2.24, 2.45) is 0 Å². The fraction of sp³-hybridized carbons (Fsp3) is 0.500. The average molecular weight is 176 g/mol. The number of hydrogen-bond donors (Lipinski definition) is 3. The number of carbonyl (C=O) groups is 1. The molecule has 0 aromatic heterocycles. The van der Waals surface area contributed by atoms with Gasteiger partial charge in [-0.1, -0.05) is 6.58 Å². The minimum absolute atomic E-state index is 0.0505. The molecule has 0 aliphatic rings. The molecule has 0 spiro atoms. The van der Waals surface area contributed by atoms with Crippen molar-refractivity contribution in [2.75, 3.05) is 0 Å². The van der Waals surface area contributed by atoms with Crippen molar-refractivity contribution in [3.8, 4) is 0 Å². The minimum Gasteiger partial charge on any atom is -0.390 e. The van der Waals surface area contributed by atoms with Gasteiger partial charge in [0, 0.05) is 12.5 Å². The lowest BCUT2D eigenvalue weighted by molar-refractivity contribution is -0.115. The average Bonchev–Trinajstić information content (AvgIpc) is 1.80. The zero-order chi connectivity index (χ0) is 9.07. The van der Waals surface area contributed by atoms with Gasteiger partial charge < -0.3 is 14.4 Å². The van der Waals surface area contributed by atoms with Gasteiger partial charge in [0.1, 0.15) is 0 Å². The summed E-state index contributed by atoms with van der Waals surface area (Å²) in [5.74, 6) is -0.251. The van der Waals surface area contributed by atoms with Crippen molar-refractivity contribution in [1.29, 1.82) is 0 Å². The van der Waals surface area contributed by atoms with E-state index in [-0.39, 0.29) is 18.2 Å². The van der Waals surface area contributed by atoms with Crippen molar-refractivity contribution in [3.05, 3.63) is 12.2 Å². The largest absolute Gasteiger partial charge is 0.493 e. The van der Waals surface area contributed by atoms with E-state index >= 15 is 0 Å². The molecule has 0 aromatic rings. The smallest absolute Gasteiger partial charge is 0.390 e. The summed E-state index contributed by atoms with van der Waals surface area (Å²) < 4.78 is 0. The molecule has 0 atom stereocenters. The van der Waals surface area contributed by atoms with Gasteiger partial charge in [0.15, 0.2) is 5.78 Å². The van der Waals surface area contributed by atoms with Gasteiger partial charge in [-0.2, -0.15) is 0 Å². The highest BCUT2D eigenvalue weighted by molar-refractivity contribution is 6.56. The van der Waals surface area contributed by atoms with E-state index < -0.39 is 8.80 Å². The summed E-state index contributed by atoms with van der Waals surface area (Å²) in [6.07, 6.45) is -0.0505. The quantitative estimate of drug-likeness (QED) is 0.396. The highest BCUT2D eigenvalue weighted by atomic mass is 28.4. The Bertz CT molecular complexity index is 170. The Morgan fingerprint density at radius 3 is 2.18 bits per heavy atom. The maximum atomic E-state index is 10.8. The first kappa shape index (κ1) is 10.5. The Morgan fingerprint density at radius 1 is 1.45 bits per heavy atom. The molecule has 0 unspecified atom stereocenters. The Labute approximate surface area is 66.2 Å². The molecule has 0 aromatic carbocycles. The Balaban J connectivity index is 3.73. The normalized spacial score (nSPS) is 11.3. The van der Waals surface area contributed by atoms with Crippen LogP contribution in [0.4, 0.5) is 0 Å². The number of hydrogen-bond acceptors (Lipinski definition) is 4. The van der Waals surface area contributed by atoms with Crippen molar-refractivity contribution < 1.29 is 19.2 Å². The second kappa shape index (κ2) is 3.77. The molecule has 0 heterocycles. The van der Waals surface area contributed by atoms with Gasteiger partial charge in [0.2, 0.25) is 0 Å². The number of Topliss-reactive ketones (excluding diaryl/α,β-unsaturated/α-hetero) is 1. The molecule has 3 N–H and O–H groups in total. The van der Waals surface area contributed by atoms with Crippen molar-refractivity contribution >= 4 is 14.6 Å². The van der Waals surface area contributed by atoms with E-state index in [1.807, 2.05) is 0 Å². The minimum atomic E-state index is -4.03. The molecule has 0 radical (unpaired) electrons. The standard InChI is InChI=1S/C6H12O4Si/c1-5(2)6(7)3-4-11(8,9)10/h8-10H,1,3-4H2,2H3. The second-order valence-electron chi connectivity index (χ2n) is 2.48. The van der Waals surface area contributed by atoms with Gasteiger partial charge in [-0.05, 0) is 12.5 Å². The second-order valence-corrected chi connectivity index (χ2v) is 4.53. The highest BCUT2D eigenvalue weighted by Crippen LogP contribution is 2.05. The van der Waals surface area contributed by atoms with Gasteiger partial charge >= 0.3 is 8.80 Å². The van der Waals surface area contributed by atoms with Gasteiger partial charge in [-0.25, -0.2) is 0 Å². The van der Waals surface area contributed by atoms with Gasteiger partial charge in [-0.15, -0.1) is 0 Å². The van der Waals surface area contributed by atoms with Crippen LogP contribution in [-0.2, 0) is 4.79 Å². The predicted octanol–water partition coefficient (Wildman–Crippen LogP) is -0.562. The molecule has 0 bridgehead atoms. The first-order chi connectivity index (χ1) is 4.83. The summed E-state index contributed by atoms with van der Waals surface area (Å²) in [4.78, 5) is 36.3. The van der Waals surface area contributed by atoms with E-state index in [1.54, 1.807) is 0 Å². The van der Waals surface area contributed by atoms with Crippen LogP contribution >= 0.6 is 0 Å². The van der Waals surface area contributed by atoms with Gasteiger partial charge in [0.05, 0.1) is 0 Å². The number of allylic oxidation sites excluding steroid dienone is 1. The van der Waals surface area contributed by atoms with Crippen LogP contribution in [0.15, 0.2) is 12.2 Å². The predicted molar refractivity (Wildman–Crippen MR) is 41.7 cm³/mol. The molecule has 4 nitrogen and oxygen atoms in total. The third kappa shape index (κ3) is 5.93.